The quantitative estimate of drug-likeness (QED) is 0.0802. The van der Waals surface area contributed by atoms with Crippen LogP contribution in [0.3, 0.4) is 0 Å². The number of halogens is 3. The van der Waals surface area contributed by atoms with E-state index >= 15 is 0 Å². The monoisotopic (exact) mass is 926 g/mol. The number of benzene rings is 4. The molecule has 16 heteroatoms. The molecular weight excluding hydrogens is 886 g/mol. The van der Waals surface area contributed by atoms with Gasteiger partial charge in [-0.25, -0.2) is 23.9 Å². The molecule has 0 radical (unpaired) electrons. The van der Waals surface area contributed by atoms with Gasteiger partial charge in [-0.05, 0) is 97.5 Å². The van der Waals surface area contributed by atoms with E-state index in [4.69, 9.17) is 37.4 Å². The molecule has 13 nitrogen and oxygen atoms in total. The predicted octanol–water partition coefficient (Wildman–Crippen LogP) is 8.29. The van der Waals surface area contributed by atoms with E-state index in [0.717, 1.165) is 16.9 Å². The lowest BCUT2D eigenvalue weighted by molar-refractivity contribution is 0.0397. The number of esters is 2. The highest BCUT2D eigenvalue weighted by molar-refractivity contribution is 6.31. The lowest BCUT2D eigenvalue weighted by Gasteiger charge is -2.40. The lowest BCUT2D eigenvalue weighted by Crippen LogP contribution is -2.55. The highest BCUT2D eigenvalue weighted by atomic mass is 35.5. The van der Waals surface area contributed by atoms with Crippen LogP contribution in [0.5, 0.6) is 11.5 Å². The van der Waals surface area contributed by atoms with Crippen LogP contribution < -0.4 is 29.9 Å². The minimum atomic E-state index is -0.828. The Morgan fingerprint density at radius 3 is 1.45 bits per heavy atom. The first-order valence-corrected chi connectivity index (χ1v) is 22.3. The van der Waals surface area contributed by atoms with Crippen LogP contribution in [-0.4, -0.2) is 72.1 Å². The Hall–Kier alpha value is -7.03. The average molecular weight is 928 g/mol. The predicted molar refractivity (Wildman–Crippen MR) is 244 cm³/mol. The highest BCUT2D eigenvalue weighted by Crippen LogP contribution is 2.47. The number of ether oxygens (including phenoxy) is 3. The van der Waals surface area contributed by atoms with Crippen LogP contribution in [-0.2, 0) is 15.8 Å². The van der Waals surface area contributed by atoms with Gasteiger partial charge in [0.2, 0.25) is 0 Å². The first-order chi connectivity index (χ1) is 31.9. The number of hydrogen-bond donors (Lipinski definition) is 2. The fourth-order valence-corrected chi connectivity index (χ4v) is 8.66. The van der Waals surface area contributed by atoms with Gasteiger partial charge in [0, 0.05) is 18.5 Å². The summed E-state index contributed by atoms with van der Waals surface area (Å²) >= 11 is 12.6. The largest absolute Gasteiger partial charge is 0.487 e. The topological polar surface area (TPSA) is 152 Å². The summed E-state index contributed by atoms with van der Waals surface area (Å²) in [6, 6.07) is 31.9. The molecule has 4 aromatic carbocycles. The van der Waals surface area contributed by atoms with Gasteiger partial charge in [0.1, 0.15) is 41.2 Å². The van der Waals surface area contributed by atoms with Crippen molar-refractivity contribution in [3.63, 3.8) is 0 Å². The van der Waals surface area contributed by atoms with Gasteiger partial charge in [0.15, 0.2) is 0 Å². The van der Waals surface area contributed by atoms with E-state index in [2.05, 4.69) is 20.6 Å². The summed E-state index contributed by atoms with van der Waals surface area (Å²) in [6.45, 7) is 2.01. The van der Waals surface area contributed by atoms with E-state index in [1.165, 1.54) is 24.5 Å². The van der Waals surface area contributed by atoms with Crippen molar-refractivity contribution in [2.75, 3.05) is 36.0 Å². The molecule has 66 heavy (non-hydrogen) atoms. The van der Waals surface area contributed by atoms with Gasteiger partial charge in [-0.3, -0.25) is 9.59 Å². The second kappa shape index (κ2) is 17.4. The summed E-state index contributed by atoms with van der Waals surface area (Å²) < 4.78 is 30.8. The molecule has 2 aromatic heterocycles. The van der Waals surface area contributed by atoms with Crippen molar-refractivity contribution >= 4 is 58.6 Å². The SMILES string of the molecule is O=C(OC(=O)c1ccc(C2(NC(=O)c3cc(Cl)cnc3N3CC(Oc4cccc(F)c4)C3)CC2)cc1)c1ccc(C2(NC(=O)c3cc(Cl)cnc3N3CC(Oc4ccccc4)C3)CC2)cc1. The number of carbonyl (C=O) groups excluding carboxylic acids is 4. The number of nitrogens with one attached hydrogen (secondary N) is 2. The first kappa shape index (κ1) is 42.9. The Morgan fingerprint density at radius 2 is 1.02 bits per heavy atom. The van der Waals surface area contributed by atoms with Gasteiger partial charge in [-0.2, -0.15) is 0 Å². The molecule has 0 bridgehead atoms. The minimum absolute atomic E-state index is 0.0445. The molecule has 2 saturated heterocycles. The van der Waals surface area contributed by atoms with E-state index in [1.807, 2.05) is 40.1 Å². The normalized spacial score (nSPS) is 16.8. The van der Waals surface area contributed by atoms with Crippen LogP contribution in [0.2, 0.25) is 10.0 Å². The molecule has 4 fully saturated rings. The van der Waals surface area contributed by atoms with Crippen molar-refractivity contribution in [3.8, 4) is 11.5 Å². The van der Waals surface area contributed by atoms with Crippen LogP contribution in [0.15, 0.2) is 128 Å². The van der Waals surface area contributed by atoms with Gasteiger partial charge < -0.3 is 34.6 Å². The van der Waals surface area contributed by atoms with Crippen molar-refractivity contribution in [3.05, 3.63) is 177 Å². The molecule has 10 rings (SSSR count). The van der Waals surface area contributed by atoms with E-state index in [9.17, 15) is 23.6 Å². The smallest absolute Gasteiger partial charge is 0.346 e. The zero-order valence-corrected chi connectivity index (χ0v) is 36.7. The fraction of sp³-hybridized carbons (Fsp3) is 0.240. The molecule has 0 spiro atoms. The number of nitrogens with zero attached hydrogens (tertiary/aromatic N) is 4. The number of aromatic nitrogens is 2. The third-order valence-electron chi connectivity index (χ3n) is 12.3. The molecule has 6 aromatic rings. The molecule has 4 heterocycles. The van der Waals surface area contributed by atoms with Gasteiger partial charge >= 0.3 is 11.9 Å². The summed E-state index contributed by atoms with van der Waals surface area (Å²) in [4.78, 5) is 66.7. The lowest BCUT2D eigenvalue weighted by atomic mass is 10.0. The summed E-state index contributed by atoms with van der Waals surface area (Å²) in [7, 11) is 0. The molecule has 4 aliphatic rings. The van der Waals surface area contributed by atoms with Crippen molar-refractivity contribution < 1.29 is 37.8 Å². The number of para-hydroxylation sites is 1. The molecule has 2 saturated carbocycles. The maximum Gasteiger partial charge on any atom is 0.346 e. The van der Waals surface area contributed by atoms with Gasteiger partial charge in [0.25, 0.3) is 11.8 Å². The number of rotatable bonds is 14. The molecule has 2 aliphatic carbocycles. The average Bonchev–Trinajstić information content (AvgIpc) is 4.24. The summed E-state index contributed by atoms with van der Waals surface area (Å²) in [5.41, 5.74) is 1.26. The number of anilines is 2. The fourth-order valence-electron chi connectivity index (χ4n) is 8.34. The highest BCUT2D eigenvalue weighted by Gasteiger charge is 2.48. The molecule has 0 unspecified atom stereocenters. The van der Waals surface area contributed by atoms with E-state index < -0.39 is 23.0 Å². The third kappa shape index (κ3) is 8.98. The van der Waals surface area contributed by atoms with Crippen LogP contribution in [0.1, 0.15) is 78.2 Å². The second-order valence-corrected chi connectivity index (χ2v) is 17.9. The summed E-state index contributed by atoms with van der Waals surface area (Å²) in [5, 5.41) is 6.96. The van der Waals surface area contributed by atoms with E-state index in [0.29, 0.717) is 90.4 Å². The van der Waals surface area contributed by atoms with Crippen molar-refractivity contribution in [1.82, 2.24) is 20.6 Å². The maximum absolute atomic E-state index is 13.8. The first-order valence-electron chi connectivity index (χ1n) is 21.5. The Bertz CT molecular complexity index is 2850. The van der Waals surface area contributed by atoms with Crippen molar-refractivity contribution in [2.24, 2.45) is 0 Å². The van der Waals surface area contributed by atoms with Gasteiger partial charge in [-0.15, -0.1) is 0 Å². The third-order valence-corrected chi connectivity index (χ3v) is 12.7. The summed E-state index contributed by atoms with van der Waals surface area (Å²) in [5.74, 6) is -0.538. The second-order valence-electron chi connectivity index (χ2n) is 17.0. The number of carbonyl (C=O) groups is 4. The van der Waals surface area contributed by atoms with Crippen molar-refractivity contribution in [2.45, 2.75) is 49.0 Å². The van der Waals surface area contributed by atoms with Crippen LogP contribution in [0.25, 0.3) is 0 Å². The molecule has 2 amide bonds. The van der Waals surface area contributed by atoms with Gasteiger partial charge in [-0.1, -0.05) is 71.7 Å². The van der Waals surface area contributed by atoms with Gasteiger partial charge in [0.05, 0.1) is 69.6 Å². The zero-order valence-electron chi connectivity index (χ0n) is 35.2. The molecule has 2 aliphatic heterocycles. The number of hydrogen-bond acceptors (Lipinski definition) is 11. The van der Waals surface area contributed by atoms with E-state index in [1.54, 1.807) is 72.8 Å². The zero-order chi connectivity index (χ0) is 45.6. The van der Waals surface area contributed by atoms with Crippen LogP contribution in [0.4, 0.5) is 16.0 Å². The molecule has 2 N–H and O–H groups in total. The molecule has 334 valence electrons. The Labute approximate surface area is 388 Å². The Balaban J connectivity index is 0.733. The number of amides is 2. The van der Waals surface area contributed by atoms with Crippen molar-refractivity contribution in [1.29, 1.82) is 0 Å². The van der Waals surface area contributed by atoms with Crippen LogP contribution in [0, 0.1) is 5.82 Å². The minimum Gasteiger partial charge on any atom is -0.487 e. The molecular formula is C50H41Cl2FN6O7. The summed E-state index contributed by atoms with van der Waals surface area (Å²) in [6.07, 6.45) is 5.46. The molecule has 0 atom stereocenters. The Kier molecular flexibility index (Phi) is 11.3. The Morgan fingerprint density at radius 1 is 0.576 bits per heavy atom. The maximum atomic E-state index is 13.8. The van der Waals surface area contributed by atoms with E-state index in [-0.39, 0.29) is 41.0 Å². The standard InChI is InChI=1S/C50H41Cl2FN6O7/c51-34-21-41(43(54-24-34)58-26-39(27-58)64-37-6-2-1-3-7-37)45(60)56-49(17-18-49)32-13-9-30(10-14-32)47(62)66-48(63)31-11-15-33(16-12-31)50(19-20-50)57-46(61)42-22-35(52)25-55-44(42)59-28-40(29-59)65-38-8-4-5-36(53)23-38/h1-16,21-25,39-40H,17-20,26-29H2,(H,56,60)(H,57,61). The number of pyridine rings is 2. The van der Waals surface area contributed by atoms with Crippen LogP contribution >= 0.6 is 23.2 Å².